The first-order valence-corrected chi connectivity index (χ1v) is 4.22. The Labute approximate surface area is 92.1 Å². The molecule has 17 heavy (non-hydrogen) atoms. The zero-order chi connectivity index (χ0) is 13.2. The Morgan fingerprint density at radius 3 is 2.41 bits per heavy atom. The van der Waals surface area contributed by atoms with Crippen LogP contribution in [0.4, 0.5) is 22.0 Å². The minimum Gasteiger partial charge on any atom is -0.506 e. The van der Waals surface area contributed by atoms with Crippen LogP contribution in [0.25, 0.3) is 0 Å². The van der Waals surface area contributed by atoms with Crippen molar-refractivity contribution in [3.05, 3.63) is 23.0 Å². The second-order valence-corrected chi connectivity index (χ2v) is 3.02. The van der Waals surface area contributed by atoms with E-state index in [2.05, 4.69) is 4.98 Å². The molecule has 1 N–H and O–H groups in total. The summed E-state index contributed by atoms with van der Waals surface area (Å²) < 4.78 is 62.5. The molecule has 8 heteroatoms. The fraction of sp³-hybridized carbons (Fsp3) is 0.333. The molecular weight excluding hydrogens is 247 g/mol. The Kier molecular flexibility index (Phi) is 3.50. The molecule has 0 saturated carbocycles. The van der Waals surface area contributed by atoms with Gasteiger partial charge in [-0.1, -0.05) is 0 Å². The van der Waals surface area contributed by atoms with Crippen molar-refractivity contribution >= 4 is 0 Å². The number of rotatable bonds is 2. The predicted molar refractivity (Wildman–Crippen MR) is 45.2 cm³/mol. The van der Waals surface area contributed by atoms with E-state index >= 15 is 0 Å². The summed E-state index contributed by atoms with van der Waals surface area (Å²) in [5.41, 5.74) is -3.77. The quantitative estimate of drug-likeness (QED) is 0.823. The summed E-state index contributed by atoms with van der Waals surface area (Å²) in [5, 5.41) is 17.4. The molecule has 1 aromatic heterocycles. The van der Waals surface area contributed by atoms with Gasteiger partial charge in [0.2, 0.25) is 0 Å². The van der Waals surface area contributed by atoms with Gasteiger partial charge >= 0.3 is 6.18 Å². The van der Waals surface area contributed by atoms with E-state index in [1.165, 1.54) is 6.07 Å². The van der Waals surface area contributed by atoms with E-state index in [1.807, 2.05) is 0 Å². The number of pyridine rings is 1. The summed E-state index contributed by atoms with van der Waals surface area (Å²) in [6, 6.07) is 1.33. The molecule has 92 valence electrons. The highest BCUT2D eigenvalue weighted by atomic mass is 19.4. The molecule has 0 aliphatic carbocycles. The van der Waals surface area contributed by atoms with Crippen molar-refractivity contribution < 1.29 is 27.1 Å². The SMILES string of the molecule is N#CCc1c(C(F)F)ncc(O)c1C(F)(F)F. The molecular formula is C9H5F5N2O. The van der Waals surface area contributed by atoms with Crippen LogP contribution in [0.2, 0.25) is 0 Å². The minimum atomic E-state index is -5.02. The van der Waals surface area contributed by atoms with Crippen LogP contribution in [0.3, 0.4) is 0 Å². The van der Waals surface area contributed by atoms with Crippen molar-refractivity contribution in [3.63, 3.8) is 0 Å². The third-order valence-corrected chi connectivity index (χ3v) is 1.94. The third-order valence-electron chi connectivity index (χ3n) is 1.94. The van der Waals surface area contributed by atoms with Gasteiger partial charge in [0.25, 0.3) is 6.43 Å². The van der Waals surface area contributed by atoms with E-state index in [4.69, 9.17) is 10.4 Å². The van der Waals surface area contributed by atoms with Crippen LogP contribution in [0.1, 0.15) is 23.2 Å². The van der Waals surface area contributed by atoms with Gasteiger partial charge in [0.05, 0.1) is 18.7 Å². The van der Waals surface area contributed by atoms with Gasteiger partial charge in [-0.3, -0.25) is 4.98 Å². The van der Waals surface area contributed by atoms with Crippen LogP contribution >= 0.6 is 0 Å². The molecule has 3 nitrogen and oxygen atoms in total. The lowest BCUT2D eigenvalue weighted by molar-refractivity contribution is -0.139. The van der Waals surface area contributed by atoms with Crippen LogP contribution in [-0.4, -0.2) is 10.1 Å². The maximum absolute atomic E-state index is 12.5. The molecule has 0 aliphatic heterocycles. The lowest BCUT2D eigenvalue weighted by atomic mass is 10.0. The van der Waals surface area contributed by atoms with Gasteiger partial charge in [0.15, 0.2) is 0 Å². The highest BCUT2D eigenvalue weighted by Crippen LogP contribution is 2.40. The first kappa shape index (κ1) is 13.2. The first-order chi connectivity index (χ1) is 7.79. The molecule has 0 spiro atoms. The molecule has 1 heterocycles. The second-order valence-electron chi connectivity index (χ2n) is 3.02. The number of hydrogen-bond donors (Lipinski definition) is 1. The van der Waals surface area contributed by atoms with Gasteiger partial charge < -0.3 is 5.11 Å². The Hall–Kier alpha value is -1.91. The summed E-state index contributed by atoms with van der Waals surface area (Å²) in [6.07, 6.45) is -8.88. The number of aromatic nitrogens is 1. The number of aromatic hydroxyl groups is 1. The smallest absolute Gasteiger partial charge is 0.420 e. The fourth-order valence-corrected chi connectivity index (χ4v) is 1.32. The number of halogens is 5. The van der Waals surface area contributed by atoms with Gasteiger partial charge in [-0.25, -0.2) is 8.78 Å². The first-order valence-electron chi connectivity index (χ1n) is 4.22. The average Bonchev–Trinajstić information content (AvgIpc) is 2.15. The summed E-state index contributed by atoms with van der Waals surface area (Å²) in [5.74, 6) is -1.27. The topological polar surface area (TPSA) is 56.9 Å². The molecule has 0 amide bonds. The number of nitriles is 1. The minimum absolute atomic E-state index is 0.297. The fourth-order valence-electron chi connectivity index (χ4n) is 1.32. The molecule has 0 saturated heterocycles. The highest BCUT2D eigenvalue weighted by molar-refractivity contribution is 5.44. The molecule has 0 atom stereocenters. The Bertz CT molecular complexity index is 464. The Morgan fingerprint density at radius 1 is 1.41 bits per heavy atom. The lowest BCUT2D eigenvalue weighted by Crippen LogP contribution is -2.13. The maximum Gasteiger partial charge on any atom is 0.420 e. The number of alkyl halides is 5. The van der Waals surface area contributed by atoms with Crippen molar-refractivity contribution in [1.82, 2.24) is 4.98 Å². The number of nitrogens with zero attached hydrogens (tertiary/aromatic N) is 2. The monoisotopic (exact) mass is 252 g/mol. The molecule has 0 aliphatic rings. The molecule has 1 rings (SSSR count). The number of hydrogen-bond acceptors (Lipinski definition) is 3. The molecule has 0 unspecified atom stereocenters. The van der Waals surface area contributed by atoms with Crippen molar-refractivity contribution in [2.75, 3.05) is 0 Å². The molecule has 0 radical (unpaired) electrons. The van der Waals surface area contributed by atoms with Crippen molar-refractivity contribution in [1.29, 1.82) is 5.26 Å². The highest BCUT2D eigenvalue weighted by Gasteiger charge is 2.39. The normalized spacial score (nSPS) is 11.6. The van der Waals surface area contributed by atoms with Gasteiger partial charge in [-0.2, -0.15) is 18.4 Å². The maximum atomic E-state index is 12.5. The van der Waals surface area contributed by atoms with E-state index in [-0.39, 0.29) is 0 Å². The third kappa shape index (κ3) is 2.61. The summed E-state index contributed by atoms with van der Waals surface area (Å²) in [7, 11) is 0. The van der Waals surface area contributed by atoms with E-state index in [1.54, 1.807) is 0 Å². The Balaban J connectivity index is 3.56. The van der Waals surface area contributed by atoms with E-state index < -0.39 is 41.6 Å². The molecule has 1 aromatic rings. The summed E-state index contributed by atoms with van der Waals surface area (Å²) in [4.78, 5) is 3.02. The largest absolute Gasteiger partial charge is 0.506 e. The van der Waals surface area contributed by atoms with E-state index in [0.717, 1.165) is 0 Å². The average molecular weight is 252 g/mol. The zero-order valence-corrected chi connectivity index (χ0v) is 8.09. The van der Waals surface area contributed by atoms with Crippen molar-refractivity contribution in [2.24, 2.45) is 0 Å². The molecule has 0 aromatic carbocycles. The van der Waals surface area contributed by atoms with E-state index in [9.17, 15) is 22.0 Å². The van der Waals surface area contributed by atoms with Crippen LogP contribution < -0.4 is 0 Å². The molecule has 0 fully saturated rings. The van der Waals surface area contributed by atoms with Crippen LogP contribution in [0, 0.1) is 11.3 Å². The lowest BCUT2D eigenvalue weighted by Gasteiger charge is -2.15. The predicted octanol–water partition coefficient (Wildman–Crippen LogP) is 2.81. The van der Waals surface area contributed by atoms with Crippen LogP contribution in [0.5, 0.6) is 5.75 Å². The summed E-state index contributed by atoms with van der Waals surface area (Å²) >= 11 is 0. The summed E-state index contributed by atoms with van der Waals surface area (Å²) in [6.45, 7) is 0. The van der Waals surface area contributed by atoms with Crippen molar-refractivity contribution in [3.8, 4) is 11.8 Å². The zero-order valence-electron chi connectivity index (χ0n) is 8.09. The Morgan fingerprint density at radius 2 is 2.00 bits per heavy atom. The van der Waals surface area contributed by atoms with Crippen LogP contribution in [0.15, 0.2) is 6.20 Å². The van der Waals surface area contributed by atoms with Gasteiger partial charge in [0, 0.05) is 5.56 Å². The van der Waals surface area contributed by atoms with E-state index in [0.29, 0.717) is 6.20 Å². The van der Waals surface area contributed by atoms with Gasteiger partial charge in [-0.05, 0) is 0 Å². The molecule has 0 bridgehead atoms. The standard InChI is InChI=1S/C9H5F5N2O/c10-8(11)7-4(1-2-15)6(9(12,13)14)5(17)3-16-7/h3,8,17H,1H2. The van der Waals surface area contributed by atoms with Gasteiger partial charge in [0.1, 0.15) is 17.0 Å². The van der Waals surface area contributed by atoms with Gasteiger partial charge in [-0.15, -0.1) is 0 Å². The van der Waals surface area contributed by atoms with Crippen molar-refractivity contribution in [2.45, 2.75) is 19.0 Å². The second kappa shape index (κ2) is 4.53. The van der Waals surface area contributed by atoms with Crippen LogP contribution in [-0.2, 0) is 12.6 Å².